The monoisotopic (exact) mass is 279 g/mol. The van der Waals surface area contributed by atoms with Crippen LogP contribution in [0.1, 0.15) is 18.5 Å². The number of nitrogens with two attached hydrogens (primary N) is 1. The summed E-state index contributed by atoms with van der Waals surface area (Å²) in [5.74, 6) is 0.602. The Labute approximate surface area is 118 Å². The Balaban J connectivity index is 1.89. The molecular formula is C13H21N5O2. The van der Waals surface area contributed by atoms with Gasteiger partial charge in [0, 0.05) is 30.9 Å². The predicted octanol–water partition coefficient (Wildman–Crippen LogP) is 0.155. The molecule has 0 saturated carbocycles. The van der Waals surface area contributed by atoms with Gasteiger partial charge in [0.2, 0.25) is 17.7 Å². The van der Waals surface area contributed by atoms with E-state index in [1.54, 1.807) is 6.07 Å². The molecule has 0 aliphatic carbocycles. The Morgan fingerprint density at radius 1 is 1.50 bits per heavy atom. The minimum Gasteiger partial charge on any atom is -0.481 e. The quantitative estimate of drug-likeness (QED) is 0.815. The van der Waals surface area contributed by atoms with Gasteiger partial charge in [0.05, 0.1) is 13.7 Å². The number of rotatable bonds is 4. The van der Waals surface area contributed by atoms with Crippen molar-refractivity contribution >= 4 is 11.9 Å². The molecule has 1 amide bonds. The molecule has 0 radical (unpaired) electrons. The van der Waals surface area contributed by atoms with E-state index >= 15 is 0 Å². The number of anilines is 1. The second kappa shape index (κ2) is 6.62. The van der Waals surface area contributed by atoms with Gasteiger partial charge in [-0.3, -0.25) is 15.0 Å². The molecule has 0 spiro atoms. The summed E-state index contributed by atoms with van der Waals surface area (Å²) in [4.78, 5) is 22.3. The molecule has 1 aromatic heterocycles. The lowest BCUT2D eigenvalue weighted by molar-refractivity contribution is -0.117. The number of hydrogen-bond donors (Lipinski definition) is 2. The van der Waals surface area contributed by atoms with Gasteiger partial charge in [-0.1, -0.05) is 0 Å². The maximum Gasteiger partial charge on any atom is 0.240 e. The van der Waals surface area contributed by atoms with E-state index in [0.29, 0.717) is 12.4 Å². The Morgan fingerprint density at radius 2 is 2.20 bits per heavy atom. The van der Waals surface area contributed by atoms with E-state index in [4.69, 9.17) is 10.5 Å². The average molecular weight is 279 g/mol. The van der Waals surface area contributed by atoms with Gasteiger partial charge >= 0.3 is 0 Å². The summed E-state index contributed by atoms with van der Waals surface area (Å²) in [6.45, 7) is 3.87. The van der Waals surface area contributed by atoms with Crippen molar-refractivity contribution in [3.05, 3.63) is 11.8 Å². The number of nitrogens with one attached hydrogen (secondary N) is 1. The number of ether oxygens (including phenoxy) is 1. The van der Waals surface area contributed by atoms with E-state index in [1.807, 2.05) is 6.92 Å². The maximum atomic E-state index is 12.0. The molecule has 3 N–H and O–H groups in total. The van der Waals surface area contributed by atoms with Gasteiger partial charge in [-0.15, -0.1) is 0 Å². The summed E-state index contributed by atoms with van der Waals surface area (Å²) in [6.07, 6.45) is 1.87. The maximum absolute atomic E-state index is 12.0. The van der Waals surface area contributed by atoms with Crippen LogP contribution in [0.5, 0.6) is 5.88 Å². The van der Waals surface area contributed by atoms with Crippen LogP contribution >= 0.6 is 0 Å². The number of amides is 1. The van der Waals surface area contributed by atoms with Crippen LogP contribution in [-0.2, 0) is 4.79 Å². The molecule has 7 heteroatoms. The van der Waals surface area contributed by atoms with Crippen LogP contribution < -0.4 is 15.8 Å². The average Bonchev–Trinajstić information content (AvgIpc) is 2.40. The fourth-order valence-corrected chi connectivity index (χ4v) is 2.18. The smallest absolute Gasteiger partial charge is 0.240 e. The van der Waals surface area contributed by atoms with Crippen molar-refractivity contribution in [1.82, 2.24) is 14.9 Å². The van der Waals surface area contributed by atoms with Crippen molar-refractivity contribution in [2.45, 2.75) is 25.8 Å². The lowest BCUT2D eigenvalue weighted by Crippen LogP contribution is -2.43. The lowest BCUT2D eigenvalue weighted by Gasteiger charge is -2.29. The molecule has 20 heavy (non-hydrogen) atoms. The second-order valence-corrected chi connectivity index (χ2v) is 5.04. The number of hydrogen-bond acceptors (Lipinski definition) is 6. The van der Waals surface area contributed by atoms with Gasteiger partial charge in [0.25, 0.3) is 0 Å². The Hall–Kier alpha value is -1.73. The molecule has 1 aromatic rings. The van der Waals surface area contributed by atoms with Crippen molar-refractivity contribution in [2.24, 2.45) is 5.73 Å². The molecule has 2 heterocycles. The van der Waals surface area contributed by atoms with Crippen molar-refractivity contribution in [3.63, 3.8) is 0 Å². The van der Waals surface area contributed by atoms with Crippen molar-refractivity contribution in [1.29, 1.82) is 0 Å². The fourth-order valence-electron chi connectivity index (χ4n) is 2.18. The molecule has 0 aromatic carbocycles. The largest absolute Gasteiger partial charge is 0.481 e. The van der Waals surface area contributed by atoms with Crippen molar-refractivity contribution in [2.75, 3.05) is 32.1 Å². The summed E-state index contributed by atoms with van der Waals surface area (Å²) < 4.78 is 5.05. The zero-order valence-corrected chi connectivity index (χ0v) is 11.9. The molecule has 2 rings (SSSR count). The third kappa shape index (κ3) is 4.14. The summed E-state index contributed by atoms with van der Waals surface area (Å²) in [6, 6.07) is 1.97. The molecule has 0 bridgehead atoms. The number of aromatic nitrogens is 2. The predicted molar refractivity (Wildman–Crippen MR) is 75.6 cm³/mol. The Morgan fingerprint density at radius 3 is 2.85 bits per heavy atom. The molecule has 1 aliphatic heterocycles. The number of carbonyl (C=O) groups excluding carboxylic acids is 1. The van der Waals surface area contributed by atoms with Crippen LogP contribution in [0.15, 0.2) is 6.07 Å². The van der Waals surface area contributed by atoms with Crippen LogP contribution in [0.4, 0.5) is 5.95 Å². The third-order valence-electron chi connectivity index (χ3n) is 3.29. The number of piperidine rings is 1. The molecule has 110 valence electrons. The highest BCUT2D eigenvalue weighted by molar-refractivity contribution is 5.90. The van der Waals surface area contributed by atoms with Crippen LogP contribution in [0.2, 0.25) is 0 Å². The minimum absolute atomic E-state index is 0.117. The minimum atomic E-state index is -0.117. The highest BCUT2D eigenvalue weighted by Gasteiger charge is 2.18. The second-order valence-electron chi connectivity index (χ2n) is 5.04. The van der Waals surface area contributed by atoms with E-state index in [0.717, 1.165) is 31.6 Å². The summed E-state index contributed by atoms with van der Waals surface area (Å²) in [5.41, 5.74) is 6.59. The van der Waals surface area contributed by atoms with Gasteiger partial charge < -0.3 is 10.5 Å². The molecule has 0 atom stereocenters. The summed E-state index contributed by atoms with van der Waals surface area (Å²) in [5, 5.41) is 2.70. The molecule has 0 unspecified atom stereocenters. The molecule has 1 fully saturated rings. The standard InChI is InChI=1S/C13H21N5O2/c1-9-7-12(20-2)17-13(15-9)16-11(19)8-18-5-3-10(14)4-6-18/h7,10H,3-6,8,14H2,1-2H3,(H,15,16,17,19). The Kier molecular flexibility index (Phi) is 4.86. The van der Waals surface area contributed by atoms with Crippen molar-refractivity contribution in [3.8, 4) is 5.88 Å². The van der Waals surface area contributed by atoms with E-state index in [1.165, 1.54) is 7.11 Å². The van der Waals surface area contributed by atoms with Gasteiger partial charge in [-0.2, -0.15) is 4.98 Å². The first-order valence-electron chi connectivity index (χ1n) is 6.74. The topological polar surface area (TPSA) is 93.4 Å². The van der Waals surface area contributed by atoms with Gasteiger partial charge in [-0.05, 0) is 19.8 Å². The fraction of sp³-hybridized carbons (Fsp3) is 0.615. The molecule has 1 aliphatic rings. The first kappa shape index (κ1) is 14.7. The Bertz CT molecular complexity index is 472. The number of carbonyl (C=O) groups is 1. The van der Waals surface area contributed by atoms with Crippen LogP contribution in [-0.4, -0.2) is 53.6 Å². The highest BCUT2D eigenvalue weighted by atomic mass is 16.5. The zero-order chi connectivity index (χ0) is 14.5. The molecule has 7 nitrogen and oxygen atoms in total. The first-order valence-corrected chi connectivity index (χ1v) is 6.74. The van der Waals surface area contributed by atoms with Crippen LogP contribution in [0.25, 0.3) is 0 Å². The van der Waals surface area contributed by atoms with Gasteiger partial charge in [0.1, 0.15) is 0 Å². The SMILES string of the molecule is COc1cc(C)nc(NC(=O)CN2CCC(N)CC2)n1. The van der Waals surface area contributed by atoms with E-state index < -0.39 is 0 Å². The molecule has 1 saturated heterocycles. The first-order chi connectivity index (χ1) is 9.56. The lowest BCUT2D eigenvalue weighted by atomic mass is 10.1. The number of methoxy groups -OCH3 is 1. The van der Waals surface area contributed by atoms with E-state index in [2.05, 4.69) is 20.2 Å². The molecular weight excluding hydrogens is 258 g/mol. The zero-order valence-electron chi connectivity index (χ0n) is 11.9. The highest BCUT2D eigenvalue weighted by Crippen LogP contribution is 2.12. The normalized spacial score (nSPS) is 16.9. The van der Waals surface area contributed by atoms with Crippen LogP contribution in [0, 0.1) is 6.92 Å². The van der Waals surface area contributed by atoms with E-state index in [9.17, 15) is 4.79 Å². The van der Waals surface area contributed by atoms with Gasteiger partial charge in [-0.25, -0.2) is 4.98 Å². The number of likely N-dealkylation sites (tertiary alicyclic amines) is 1. The third-order valence-corrected chi connectivity index (χ3v) is 3.29. The summed E-state index contributed by atoms with van der Waals surface area (Å²) in [7, 11) is 1.53. The van der Waals surface area contributed by atoms with E-state index in [-0.39, 0.29) is 17.9 Å². The summed E-state index contributed by atoms with van der Waals surface area (Å²) >= 11 is 0. The van der Waals surface area contributed by atoms with Gasteiger partial charge in [0.15, 0.2) is 0 Å². The van der Waals surface area contributed by atoms with Crippen molar-refractivity contribution < 1.29 is 9.53 Å². The van der Waals surface area contributed by atoms with Crippen LogP contribution in [0.3, 0.4) is 0 Å². The number of nitrogens with zero attached hydrogens (tertiary/aromatic N) is 3. The number of aryl methyl sites for hydroxylation is 1.